The second-order valence-electron chi connectivity index (χ2n) is 6.87. The van der Waals surface area contributed by atoms with E-state index in [1.807, 2.05) is 12.1 Å². The maximum Gasteiger partial charge on any atom is 0.227 e. The van der Waals surface area contributed by atoms with Crippen molar-refractivity contribution in [1.82, 2.24) is 4.31 Å². The third-order valence-corrected chi connectivity index (χ3v) is 7.51. The zero-order valence-electron chi connectivity index (χ0n) is 15.9. The number of carbonyl (C=O) groups is 1. The maximum absolute atomic E-state index is 12.7. The Labute approximate surface area is 180 Å². The number of ether oxygens (including phenoxy) is 1. The molecule has 156 valence electrons. The van der Waals surface area contributed by atoms with Gasteiger partial charge in [-0.05, 0) is 42.7 Å². The summed E-state index contributed by atoms with van der Waals surface area (Å²) in [6.07, 6.45) is 0.920. The van der Waals surface area contributed by atoms with E-state index >= 15 is 0 Å². The van der Waals surface area contributed by atoms with Crippen LogP contribution in [0, 0.1) is 5.92 Å². The number of anilines is 1. The van der Waals surface area contributed by atoms with Crippen LogP contribution in [-0.2, 0) is 20.6 Å². The van der Waals surface area contributed by atoms with Gasteiger partial charge in [-0.15, -0.1) is 0 Å². The second-order valence-corrected chi connectivity index (χ2v) is 9.65. The van der Waals surface area contributed by atoms with E-state index in [-0.39, 0.29) is 17.6 Å². The summed E-state index contributed by atoms with van der Waals surface area (Å²) in [6.45, 7) is 0.599. The summed E-state index contributed by atoms with van der Waals surface area (Å²) in [6, 6.07) is 12.0. The molecule has 2 aromatic carbocycles. The molecular formula is C20H22Cl2N2O4S. The monoisotopic (exact) mass is 456 g/mol. The lowest BCUT2D eigenvalue weighted by Crippen LogP contribution is -2.41. The number of nitrogens with zero attached hydrogens (tertiary/aromatic N) is 1. The first-order chi connectivity index (χ1) is 13.8. The molecule has 1 fully saturated rings. The number of carbonyl (C=O) groups excluding carboxylic acids is 1. The molecule has 1 aliphatic heterocycles. The number of sulfonamides is 1. The quantitative estimate of drug-likeness (QED) is 0.706. The van der Waals surface area contributed by atoms with Gasteiger partial charge in [0.2, 0.25) is 15.9 Å². The fraction of sp³-hybridized carbons (Fsp3) is 0.350. The number of hydrogen-bond donors (Lipinski definition) is 1. The molecule has 0 aromatic heterocycles. The first-order valence-electron chi connectivity index (χ1n) is 9.16. The molecule has 1 aliphatic rings. The van der Waals surface area contributed by atoms with Gasteiger partial charge in [-0.2, -0.15) is 0 Å². The minimum absolute atomic E-state index is 0.129. The summed E-state index contributed by atoms with van der Waals surface area (Å²) in [5.74, 6) is 0.0527. The lowest BCUT2D eigenvalue weighted by molar-refractivity contribution is -0.120. The Morgan fingerprint density at radius 3 is 2.48 bits per heavy atom. The average molecular weight is 457 g/mol. The SMILES string of the molecule is COc1ccccc1NC(=O)C1CCN(S(=O)(=O)Cc2ccc(Cl)c(Cl)c2)CC1. The molecule has 1 saturated heterocycles. The van der Waals surface area contributed by atoms with Crippen molar-refractivity contribution >= 4 is 44.8 Å². The Morgan fingerprint density at radius 2 is 1.83 bits per heavy atom. The maximum atomic E-state index is 12.7. The molecule has 2 aromatic rings. The van der Waals surface area contributed by atoms with Crippen molar-refractivity contribution in [3.05, 3.63) is 58.1 Å². The summed E-state index contributed by atoms with van der Waals surface area (Å²) >= 11 is 11.9. The Bertz CT molecular complexity index is 990. The Balaban J connectivity index is 1.59. The zero-order chi connectivity index (χ0) is 21.0. The van der Waals surface area contributed by atoms with Crippen LogP contribution in [0.2, 0.25) is 10.0 Å². The number of benzene rings is 2. The predicted molar refractivity (Wildman–Crippen MR) is 115 cm³/mol. The highest BCUT2D eigenvalue weighted by Gasteiger charge is 2.31. The van der Waals surface area contributed by atoms with Crippen molar-refractivity contribution in [1.29, 1.82) is 0 Å². The van der Waals surface area contributed by atoms with Gasteiger partial charge in [0.25, 0.3) is 0 Å². The van der Waals surface area contributed by atoms with Gasteiger partial charge in [0.05, 0.1) is 28.6 Å². The number of rotatable bonds is 6. The van der Waals surface area contributed by atoms with Crippen molar-refractivity contribution in [3.63, 3.8) is 0 Å². The minimum atomic E-state index is -3.50. The van der Waals surface area contributed by atoms with Gasteiger partial charge in [0.1, 0.15) is 5.75 Å². The highest BCUT2D eigenvalue weighted by molar-refractivity contribution is 7.88. The number of amides is 1. The van der Waals surface area contributed by atoms with Crippen LogP contribution in [0.5, 0.6) is 5.75 Å². The fourth-order valence-electron chi connectivity index (χ4n) is 3.31. The summed E-state index contributed by atoms with van der Waals surface area (Å²) in [5, 5.41) is 3.59. The fourth-order valence-corrected chi connectivity index (χ4v) is 5.18. The molecule has 1 amide bonds. The molecule has 0 unspecified atom stereocenters. The van der Waals surface area contributed by atoms with Crippen LogP contribution in [0.4, 0.5) is 5.69 Å². The third-order valence-electron chi connectivity index (χ3n) is 4.92. The molecule has 0 spiro atoms. The topological polar surface area (TPSA) is 75.7 Å². The van der Waals surface area contributed by atoms with E-state index < -0.39 is 10.0 Å². The third kappa shape index (κ3) is 5.42. The molecule has 0 saturated carbocycles. The van der Waals surface area contributed by atoms with Crippen LogP contribution in [0.1, 0.15) is 18.4 Å². The lowest BCUT2D eigenvalue weighted by atomic mass is 9.97. The van der Waals surface area contributed by atoms with Crippen LogP contribution < -0.4 is 10.1 Å². The van der Waals surface area contributed by atoms with Gasteiger partial charge in [-0.25, -0.2) is 12.7 Å². The van der Waals surface area contributed by atoms with Gasteiger partial charge < -0.3 is 10.1 Å². The predicted octanol–water partition coefficient (Wildman–Crippen LogP) is 4.18. The molecule has 29 heavy (non-hydrogen) atoms. The number of hydrogen-bond acceptors (Lipinski definition) is 4. The van der Waals surface area contributed by atoms with Gasteiger partial charge in [-0.1, -0.05) is 41.4 Å². The minimum Gasteiger partial charge on any atom is -0.495 e. The number of piperidine rings is 1. The van der Waals surface area contributed by atoms with Crippen LogP contribution in [-0.4, -0.2) is 38.8 Å². The number of nitrogens with one attached hydrogen (secondary N) is 1. The van der Waals surface area contributed by atoms with E-state index in [4.69, 9.17) is 27.9 Å². The Kier molecular flexibility index (Phi) is 7.05. The molecular weight excluding hydrogens is 435 g/mol. The largest absolute Gasteiger partial charge is 0.495 e. The van der Waals surface area contributed by atoms with Crippen molar-refractivity contribution in [2.24, 2.45) is 5.92 Å². The molecule has 1 heterocycles. The standard InChI is InChI=1S/C20H22Cl2N2O4S/c1-28-19-5-3-2-4-18(19)23-20(25)15-8-10-24(11-9-15)29(26,27)13-14-6-7-16(21)17(22)12-14/h2-7,12,15H,8-11,13H2,1H3,(H,23,25). The first kappa shape index (κ1) is 21.9. The molecule has 9 heteroatoms. The van der Waals surface area contributed by atoms with Crippen LogP contribution in [0.15, 0.2) is 42.5 Å². The van der Waals surface area contributed by atoms with E-state index in [2.05, 4.69) is 5.32 Å². The van der Waals surface area contributed by atoms with Crippen molar-refractivity contribution in [2.75, 3.05) is 25.5 Å². The second kappa shape index (κ2) is 9.34. The van der Waals surface area contributed by atoms with E-state index in [1.54, 1.807) is 37.4 Å². The highest BCUT2D eigenvalue weighted by Crippen LogP contribution is 2.28. The molecule has 0 bridgehead atoms. The van der Waals surface area contributed by atoms with Crippen LogP contribution in [0.25, 0.3) is 0 Å². The van der Waals surface area contributed by atoms with E-state index in [0.29, 0.717) is 53.0 Å². The molecule has 6 nitrogen and oxygen atoms in total. The summed E-state index contributed by atoms with van der Waals surface area (Å²) in [5.41, 5.74) is 1.19. The molecule has 0 atom stereocenters. The Morgan fingerprint density at radius 1 is 1.14 bits per heavy atom. The normalized spacial score (nSPS) is 15.8. The van der Waals surface area contributed by atoms with E-state index in [0.717, 1.165) is 0 Å². The van der Waals surface area contributed by atoms with Gasteiger partial charge in [0, 0.05) is 19.0 Å². The van der Waals surface area contributed by atoms with Gasteiger partial charge in [0.15, 0.2) is 0 Å². The molecule has 3 rings (SSSR count). The number of para-hydroxylation sites is 2. The van der Waals surface area contributed by atoms with Crippen LogP contribution in [0.3, 0.4) is 0 Å². The Hall–Kier alpha value is -1.80. The van der Waals surface area contributed by atoms with Gasteiger partial charge >= 0.3 is 0 Å². The lowest BCUT2D eigenvalue weighted by Gasteiger charge is -2.30. The number of methoxy groups -OCH3 is 1. The van der Waals surface area contributed by atoms with Gasteiger partial charge in [-0.3, -0.25) is 4.79 Å². The number of halogens is 2. The van der Waals surface area contributed by atoms with Crippen molar-refractivity contribution in [3.8, 4) is 5.75 Å². The highest BCUT2D eigenvalue weighted by atomic mass is 35.5. The van der Waals surface area contributed by atoms with Crippen molar-refractivity contribution in [2.45, 2.75) is 18.6 Å². The molecule has 0 aliphatic carbocycles. The summed E-state index contributed by atoms with van der Waals surface area (Å²) < 4.78 is 32.2. The molecule has 0 radical (unpaired) electrons. The average Bonchev–Trinajstić information content (AvgIpc) is 2.71. The first-order valence-corrected chi connectivity index (χ1v) is 11.5. The molecule has 1 N–H and O–H groups in total. The van der Waals surface area contributed by atoms with Crippen LogP contribution >= 0.6 is 23.2 Å². The summed E-state index contributed by atoms with van der Waals surface area (Å²) in [4.78, 5) is 12.6. The van der Waals surface area contributed by atoms with E-state index in [1.165, 1.54) is 4.31 Å². The van der Waals surface area contributed by atoms with E-state index in [9.17, 15) is 13.2 Å². The van der Waals surface area contributed by atoms with Crippen molar-refractivity contribution < 1.29 is 17.9 Å². The smallest absolute Gasteiger partial charge is 0.227 e. The summed E-state index contributed by atoms with van der Waals surface area (Å²) in [7, 11) is -1.96. The zero-order valence-corrected chi connectivity index (χ0v) is 18.2.